The summed E-state index contributed by atoms with van der Waals surface area (Å²) in [6.07, 6.45) is 7.63. The zero-order valence-corrected chi connectivity index (χ0v) is 21.7. The van der Waals surface area contributed by atoms with E-state index in [1.54, 1.807) is 36.4 Å². The van der Waals surface area contributed by atoms with E-state index in [4.69, 9.17) is 14.2 Å². The summed E-state index contributed by atoms with van der Waals surface area (Å²) >= 11 is 0. The van der Waals surface area contributed by atoms with Crippen LogP contribution >= 0.6 is 0 Å². The minimum atomic E-state index is -0.440. The van der Waals surface area contributed by atoms with Gasteiger partial charge in [-0.2, -0.15) is 0 Å². The molecule has 0 saturated carbocycles. The molecule has 37 heavy (non-hydrogen) atoms. The molecule has 6 nitrogen and oxygen atoms in total. The number of rotatable bonds is 15. The van der Waals surface area contributed by atoms with Crippen LogP contribution in [0.3, 0.4) is 0 Å². The monoisotopic (exact) mass is 504 g/mol. The van der Waals surface area contributed by atoms with Gasteiger partial charge in [0.05, 0.1) is 32.3 Å². The fourth-order valence-corrected chi connectivity index (χ4v) is 3.74. The summed E-state index contributed by atoms with van der Waals surface area (Å²) in [7, 11) is 1.34. The van der Waals surface area contributed by atoms with E-state index < -0.39 is 5.97 Å². The van der Waals surface area contributed by atoms with E-state index in [2.05, 4.69) is 11.7 Å². The van der Waals surface area contributed by atoms with Crippen LogP contribution in [0.15, 0.2) is 72.8 Å². The van der Waals surface area contributed by atoms with Crippen LogP contribution in [0.4, 0.5) is 0 Å². The first-order chi connectivity index (χ1) is 18.1. The first-order valence-electron chi connectivity index (χ1n) is 12.9. The molecule has 196 valence electrons. The maximum Gasteiger partial charge on any atom is 0.343 e. The van der Waals surface area contributed by atoms with E-state index in [9.17, 15) is 9.59 Å². The highest BCUT2D eigenvalue weighted by molar-refractivity contribution is 5.91. The molecule has 0 aliphatic heterocycles. The molecule has 0 fully saturated rings. The Labute approximate surface area is 219 Å². The van der Waals surface area contributed by atoms with Gasteiger partial charge in [-0.1, -0.05) is 63.3 Å². The highest BCUT2D eigenvalue weighted by Gasteiger charge is 2.10. The minimum Gasteiger partial charge on any atom is -0.494 e. The van der Waals surface area contributed by atoms with Crippen LogP contribution in [-0.4, -0.2) is 32.3 Å². The van der Waals surface area contributed by atoms with Crippen molar-refractivity contribution < 1.29 is 28.5 Å². The second kappa shape index (κ2) is 15.3. The maximum absolute atomic E-state index is 12.5. The van der Waals surface area contributed by atoms with Crippen LogP contribution in [0.5, 0.6) is 17.2 Å². The molecule has 3 aromatic rings. The number of esters is 2. The summed E-state index contributed by atoms with van der Waals surface area (Å²) in [5.74, 6) is 1.08. The first-order valence-corrected chi connectivity index (χ1v) is 12.9. The van der Waals surface area contributed by atoms with E-state index in [0.29, 0.717) is 17.1 Å². The summed E-state index contributed by atoms with van der Waals surface area (Å²) in [4.78, 5) is 23.7. The Morgan fingerprint density at radius 3 is 1.76 bits per heavy atom. The third kappa shape index (κ3) is 9.64. The van der Waals surface area contributed by atoms with Crippen molar-refractivity contribution in [2.45, 2.75) is 51.9 Å². The van der Waals surface area contributed by atoms with E-state index in [-0.39, 0.29) is 19.0 Å². The molecule has 0 amide bonds. The molecule has 6 heteroatoms. The Morgan fingerprint density at radius 1 is 0.622 bits per heavy atom. The average molecular weight is 505 g/mol. The summed E-state index contributed by atoms with van der Waals surface area (Å²) in [6, 6.07) is 22.0. The summed E-state index contributed by atoms with van der Waals surface area (Å²) < 4.78 is 21.4. The standard InChI is InChI=1S/C31H36O6/c1-3-4-5-6-7-8-22-35-27-15-13-25(14-16-27)24-9-11-26(12-10-24)31(33)37-29-19-17-28(18-20-29)36-23-21-30(32)34-2/h9-20H,3-8,21-23H2,1-2H3. The van der Waals surface area contributed by atoms with Crippen molar-refractivity contribution >= 4 is 11.9 Å². The van der Waals surface area contributed by atoms with Crippen LogP contribution in [0.1, 0.15) is 62.2 Å². The summed E-state index contributed by atoms with van der Waals surface area (Å²) in [6.45, 7) is 3.19. The van der Waals surface area contributed by atoms with Crippen LogP contribution in [0.2, 0.25) is 0 Å². The van der Waals surface area contributed by atoms with E-state index in [1.807, 2.05) is 36.4 Å². The second-order valence-corrected chi connectivity index (χ2v) is 8.75. The zero-order chi connectivity index (χ0) is 26.3. The number of benzene rings is 3. The number of carbonyl (C=O) groups excluding carboxylic acids is 2. The van der Waals surface area contributed by atoms with E-state index in [1.165, 1.54) is 39.2 Å². The number of hydrogen-bond acceptors (Lipinski definition) is 6. The Morgan fingerprint density at radius 2 is 1.14 bits per heavy atom. The third-order valence-electron chi connectivity index (χ3n) is 5.91. The molecule has 0 bridgehead atoms. The number of methoxy groups -OCH3 is 1. The molecule has 0 aromatic heterocycles. The van der Waals surface area contributed by atoms with Crippen molar-refractivity contribution in [1.82, 2.24) is 0 Å². The van der Waals surface area contributed by atoms with Gasteiger partial charge in [-0.05, 0) is 66.1 Å². The minimum absolute atomic E-state index is 0.167. The topological polar surface area (TPSA) is 71.1 Å². The predicted molar refractivity (Wildman–Crippen MR) is 144 cm³/mol. The Bertz CT molecular complexity index is 1090. The van der Waals surface area contributed by atoms with Gasteiger partial charge in [-0.3, -0.25) is 4.79 Å². The van der Waals surface area contributed by atoms with Crippen molar-refractivity contribution in [3.05, 3.63) is 78.4 Å². The quantitative estimate of drug-likeness (QED) is 0.123. The summed E-state index contributed by atoms with van der Waals surface area (Å²) in [5.41, 5.74) is 2.52. The van der Waals surface area contributed by atoms with Crippen LogP contribution in [0.25, 0.3) is 11.1 Å². The van der Waals surface area contributed by atoms with Gasteiger partial charge in [0, 0.05) is 0 Å². The number of carbonyl (C=O) groups is 2. The van der Waals surface area contributed by atoms with E-state index >= 15 is 0 Å². The molecule has 0 N–H and O–H groups in total. The molecule has 0 atom stereocenters. The van der Waals surface area contributed by atoms with Crippen molar-refractivity contribution in [2.75, 3.05) is 20.3 Å². The van der Waals surface area contributed by atoms with Crippen LogP contribution < -0.4 is 14.2 Å². The molecule has 0 aliphatic rings. The lowest BCUT2D eigenvalue weighted by atomic mass is 10.0. The Hall–Kier alpha value is -3.80. The van der Waals surface area contributed by atoms with Crippen molar-refractivity contribution in [3.63, 3.8) is 0 Å². The van der Waals surface area contributed by atoms with Gasteiger partial charge in [0.25, 0.3) is 0 Å². The lowest BCUT2D eigenvalue weighted by molar-refractivity contribution is -0.141. The van der Waals surface area contributed by atoms with E-state index in [0.717, 1.165) is 29.9 Å². The van der Waals surface area contributed by atoms with Gasteiger partial charge >= 0.3 is 11.9 Å². The second-order valence-electron chi connectivity index (χ2n) is 8.75. The van der Waals surface area contributed by atoms with Crippen molar-refractivity contribution in [2.24, 2.45) is 0 Å². The van der Waals surface area contributed by atoms with Crippen molar-refractivity contribution in [3.8, 4) is 28.4 Å². The molecular formula is C31H36O6. The largest absolute Gasteiger partial charge is 0.494 e. The molecule has 3 rings (SSSR count). The molecule has 0 spiro atoms. The molecule has 0 radical (unpaired) electrons. The lowest BCUT2D eigenvalue weighted by Crippen LogP contribution is -2.09. The normalized spacial score (nSPS) is 10.5. The molecule has 0 aliphatic carbocycles. The van der Waals surface area contributed by atoms with Gasteiger partial charge in [0.2, 0.25) is 0 Å². The molecule has 3 aromatic carbocycles. The Balaban J connectivity index is 1.45. The maximum atomic E-state index is 12.5. The third-order valence-corrected chi connectivity index (χ3v) is 5.91. The molecule has 0 unspecified atom stereocenters. The number of ether oxygens (including phenoxy) is 4. The van der Waals surface area contributed by atoms with Crippen LogP contribution in [0, 0.1) is 0 Å². The van der Waals surface area contributed by atoms with Gasteiger partial charge < -0.3 is 18.9 Å². The fourth-order valence-electron chi connectivity index (χ4n) is 3.74. The zero-order valence-electron chi connectivity index (χ0n) is 21.7. The average Bonchev–Trinajstić information content (AvgIpc) is 2.94. The highest BCUT2D eigenvalue weighted by Crippen LogP contribution is 2.24. The van der Waals surface area contributed by atoms with Gasteiger partial charge in [0.15, 0.2) is 0 Å². The molecule has 0 heterocycles. The van der Waals surface area contributed by atoms with Gasteiger partial charge in [-0.25, -0.2) is 4.79 Å². The first kappa shape index (κ1) is 27.8. The predicted octanol–water partition coefficient (Wildman–Crippen LogP) is 7.25. The summed E-state index contributed by atoms with van der Waals surface area (Å²) in [5, 5.41) is 0. The number of hydrogen-bond donors (Lipinski definition) is 0. The Kier molecular flexibility index (Phi) is 11.5. The smallest absolute Gasteiger partial charge is 0.343 e. The fraction of sp³-hybridized carbons (Fsp3) is 0.355. The van der Waals surface area contributed by atoms with Crippen molar-refractivity contribution in [1.29, 1.82) is 0 Å². The van der Waals surface area contributed by atoms with Crippen LogP contribution in [-0.2, 0) is 9.53 Å². The number of unbranched alkanes of at least 4 members (excludes halogenated alkanes) is 5. The highest BCUT2D eigenvalue weighted by atomic mass is 16.5. The molecule has 0 saturated heterocycles. The lowest BCUT2D eigenvalue weighted by Gasteiger charge is -2.09. The van der Waals surface area contributed by atoms with Gasteiger partial charge in [0.1, 0.15) is 17.2 Å². The molecular weight excluding hydrogens is 468 g/mol. The van der Waals surface area contributed by atoms with Gasteiger partial charge in [-0.15, -0.1) is 0 Å². The SMILES string of the molecule is CCCCCCCCOc1ccc(-c2ccc(C(=O)Oc3ccc(OCCC(=O)OC)cc3)cc2)cc1.